The van der Waals surface area contributed by atoms with Gasteiger partial charge >= 0.3 is 0 Å². The average Bonchev–Trinajstić information content (AvgIpc) is 2.49. The molecule has 0 spiro atoms. The van der Waals surface area contributed by atoms with E-state index in [1.807, 2.05) is 12.1 Å². The molecule has 1 aromatic heterocycles. The first kappa shape index (κ1) is 14.2. The van der Waals surface area contributed by atoms with Crippen molar-refractivity contribution in [3.63, 3.8) is 0 Å². The average molecular weight is 271 g/mol. The normalized spacial score (nSPS) is 10.3. The van der Waals surface area contributed by atoms with Crippen molar-refractivity contribution in [2.24, 2.45) is 5.73 Å². The van der Waals surface area contributed by atoms with E-state index in [0.717, 1.165) is 11.1 Å². The number of hydrogen-bond donors (Lipinski definition) is 3. The summed E-state index contributed by atoms with van der Waals surface area (Å²) in [5.74, 6) is -0.261. The summed E-state index contributed by atoms with van der Waals surface area (Å²) < 4.78 is 0. The van der Waals surface area contributed by atoms with E-state index in [1.165, 1.54) is 0 Å². The number of hydrogen-bond acceptors (Lipinski definition) is 4. The topological polar surface area (TPSA) is 88.2 Å². The highest BCUT2D eigenvalue weighted by Crippen LogP contribution is 2.11. The molecule has 1 aromatic carbocycles. The molecule has 0 saturated carbocycles. The second-order valence-corrected chi connectivity index (χ2v) is 4.38. The molecule has 0 aliphatic rings. The lowest BCUT2D eigenvalue weighted by Gasteiger charge is -2.06. The fourth-order valence-corrected chi connectivity index (χ4v) is 1.76. The predicted molar refractivity (Wildman–Crippen MR) is 77.3 cm³/mol. The number of aliphatic hydroxyl groups excluding tert-OH is 1. The number of aromatic nitrogens is 1. The summed E-state index contributed by atoms with van der Waals surface area (Å²) in [6.07, 6.45) is 2.20. The Hall–Kier alpha value is -2.24. The molecule has 1 heterocycles. The Morgan fingerprint density at radius 2 is 1.85 bits per heavy atom. The van der Waals surface area contributed by atoms with Gasteiger partial charge in [0.15, 0.2) is 0 Å². The molecule has 2 rings (SSSR count). The van der Waals surface area contributed by atoms with E-state index in [9.17, 15) is 4.79 Å². The first-order chi connectivity index (χ1) is 9.72. The number of amides is 1. The minimum Gasteiger partial charge on any atom is -0.396 e. The van der Waals surface area contributed by atoms with Crippen molar-refractivity contribution in [3.8, 4) is 0 Å². The van der Waals surface area contributed by atoms with Crippen LogP contribution in [0.1, 0.15) is 21.6 Å². The fraction of sp³-hybridized carbons (Fsp3) is 0.200. The van der Waals surface area contributed by atoms with E-state index >= 15 is 0 Å². The van der Waals surface area contributed by atoms with Gasteiger partial charge in [0, 0.05) is 25.0 Å². The van der Waals surface area contributed by atoms with E-state index < -0.39 is 0 Å². The van der Waals surface area contributed by atoms with Crippen LogP contribution in [0.2, 0.25) is 0 Å². The maximum absolute atomic E-state index is 12.0. The molecule has 5 nitrogen and oxygen atoms in total. The highest BCUT2D eigenvalue weighted by Gasteiger charge is 2.07. The molecule has 2 aromatic rings. The van der Waals surface area contributed by atoms with Gasteiger partial charge in [0.25, 0.3) is 5.91 Å². The highest BCUT2D eigenvalue weighted by molar-refractivity contribution is 6.02. The molecular formula is C15H17N3O2. The van der Waals surface area contributed by atoms with Crippen molar-refractivity contribution in [1.29, 1.82) is 0 Å². The Morgan fingerprint density at radius 1 is 1.15 bits per heavy atom. The van der Waals surface area contributed by atoms with Crippen LogP contribution in [0.3, 0.4) is 0 Å². The molecular weight excluding hydrogens is 254 g/mol. The lowest BCUT2D eigenvalue weighted by atomic mass is 10.1. The van der Waals surface area contributed by atoms with Gasteiger partial charge in [-0.3, -0.25) is 9.78 Å². The van der Waals surface area contributed by atoms with Crippen molar-refractivity contribution in [2.45, 2.75) is 13.0 Å². The second-order valence-electron chi connectivity index (χ2n) is 4.38. The van der Waals surface area contributed by atoms with E-state index in [2.05, 4.69) is 10.3 Å². The minimum absolute atomic E-state index is 0.114. The first-order valence-corrected chi connectivity index (χ1v) is 6.39. The first-order valence-electron chi connectivity index (χ1n) is 6.39. The van der Waals surface area contributed by atoms with E-state index in [-0.39, 0.29) is 12.5 Å². The zero-order valence-corrected chi connectivity index (χ0v) is 11.0. The molecule has 0 unspecified atom stereocenters. The molecule has 104 valence electrons. The third-order valence-corrected chi connectivity index (χ3v) is 2.91. The maximum atomic E-state index is 12.0. The van der Waals surface area contributed by atoms with Crippen LogP contribution in [0, 0.1) is 0 Å². The quantitative estimate of drug-likeness (QED) is 0.765. The number of pyridine rings is 1. The summed E-state index contributed by atoms with van der Waals surface area (Å²) in [6, 6.07) is 10.8. The van der Waals surface area contributed by atoms with Crippen LogP contribution in [0.4, 0.5) is 5.69 Å². The van der Waals surface area contributed by atoms with Gasteiger partial charge in [-0.2, -0.15) is 0 Å². The summed E-state index contributed by atoms with van der Waals surface area (Å²) in [7, 11) is 0. The van der Waals surface area contributed by atoms with Crippen molar-refractivity contribution in [3.05, 3.63) is 59.4 Å². The molecule has 20 heavy (non-hydrogen) atoms. The number of rotatable bonds is 5. The van der Waals surface area contributed by atoms with Crippen LogP contribution in [0.25, 0.3) is 0 Å². The summed E-state index contributed by atoms with van der Waals surface area (Å²) >= 11 is 0. The molecule has 0 saturated heterocycles. The van der Waals surface area contributed by atoms with Gasteiger partial charge in [0.2, 0.25) is 0 Å². The molecule has 0 atom stereocenters. The third-order valence-electron chi connectivity index (χ3n) is 2.91. The number of nitrogens with two attached hydrogens (primary N) is 1. The van der Waals surface area contributed by atoms with Gasteiger partial charge in [-0.15, -0.1) is 0 Å². The summed E-state index contributed by atoms with van der Waals surface area (Å²) in [5.41, 5.74) is 8.43. The van der Waals surface area contributed by atoms with Gasteiger partial charge < -0.3 is 16.2 Å². The van der Waals surface area contributed by atoms with Crippen LogP contribution in [0.5, 0.6) is 0 Å². The van der Waals surface area contributed by atoms with Crippen LogP contribution < -0.4 is 11.1 Å². The number of aliphatic hydroxyl groups is 1. The highest BCUT2D eigenvalue weighted by atomic mass is 16.2. The summed E-state index contributed by atoms with van der Waals surface area (Å²) in [4.78, 5) is 16.0. The zero-order chi connectivity index (χ0) is 14.4. The van der Waals surface area contributed by atoms with E-state index in [1.54, 1.807) is 30.5 Å². The van der Waals surface area contributed by atoms with E-state index in [0.29, 0.717) is 24.3 Å². The number of anilines is 1. The van der Waals surface area contributed by atoms with Gasteiger partial charge in [-0.25, -0.2) is 0 Å². The molecule has 0 bridgehead atoms. The lowest BCUT2D eigenvalue weighted by molar-refractivity contribution is 0.102. The Labute approximate surface area is 117 Å². The standard InChI is InChI=1S/C15H17N3O2/c16-9-12-3-6-14(17-10-12)15(20)18-13-4-1-11(2-5-13)7-8-19/h1-6,10,19H,7-9,16H2,(H,18,20). The largest absolute Gasteiger partial charge is 0.396 e. The predicted octanol–water partition coefficient (Wildman–Crippen LogP) is 1.33. The van der Waals surface area contributed by atoms with Crippen molar-refractivity contribution >= 4 is 11.6 Å². The fourth-order valence-electron chi connectivity index (χ4n) is 1.76. The Morgan fingerprint density at radius 3 is 2.40 bits per heavy atom. The Bertz CT molecular complexity index is 565. The lowest BCUT2D eigenvalue weighted by Crippen LogP contribution is -2.14. The van der Waals surface area contributed by atoms with Gasteiger partial charge in [0.1, 0.15) is 5.69 Å². The van der Waals surface area contributed by atoms with Gasteiger partial charge in [-0.05, 0) is 35.7 Å². The molecule has 1 amide bonds. The molecule has 0 aliphatic heterocycles. The summed E-state index contributed by atoms with van der Waals surface area (Å²) in [6.45, 7) is 0.518. The smallest absolute Gasteiger partial charge is 0.274 e. The Kier molecular flexibility index (Phi) is 4.81. The van der Waals surface area contributed by atoms with Crippen LogP contribution in [0.15, 0.2) is 42.6 Å². The number of carbonyl (C=O) groups is 1. The molecule has 0 aliphatic carbocycles. The molecule has 4 N–H and O–H groups in total. The van der Waals surface area contributed by atoms with Crippen molar-refractivity contribution in [2.75, 3.05) is 11.9 Å². The van der Waals surface area contributed by atoms with Crippen LogP contribution in [-0.2, 0) is 13.0 Å². The minimum atomic E-state index is -0.261. The SMILES string of the molecule is NCc1ccc(C(=O)Nc2ccc(CCO)cc2)nc1. The number of carbonyl (C=O) groups excluding carboxylic acids is 1. The van der Waals surface area contributed by atoms with Gasteiger partial charge in [0.05, 0.1) is 0 Å². The Balaban J connectivity index is 2.02. The molecule has 5 heteroatoms. The third kappa shape index (κ3) is 3.63. The van der Waals surface area contributed by atoms with Crippen LogP contribution >= 0.6 is 0 Å². The zero-order valence-electron chi connectivity index (χ0n) is 11.0. The molecule has 0 fully saturated rings. The maximum Gasteiger partial charge on any atom is 0.274 e. The van der Waals surface area contributed by atoms with Crippen LogP contribution in [-0.4, -0.2) is 22.6 Å². The van der Waals surface area contributed by atoms with Crippen molar-refractivity contribution < 1.29 is 9.90 Å². The number of nitrogens with one attached hydrogen (secondary N) is 1. The van der Waals surface area contributed by atoms with E-state index in [4.69, 9.17) is 10.8 Å². The number of nitrogens with zero attached hydrogens (tertiary/aromatic N) is 1. The number of benzene rings is 1. The summed E-state index contributed by atoms with van der Waals surface area (Å²) in [5, 5.41) is 11.6. The molecule has 0 radical (unpaired) electrons. The second kappa shape index (κ2) is 6.79. The van der Waals surface area contributed by atoms with Crippen molar-refractivity contribution in [1.82, 2.24) is 4.98 Å². The monoisotopic (exact) mass is 271 g/mol. The van der Waals surface area contributed by atoms with Gasteiger partial charge in [-0.1, -0.05) is 18.2 Å².